The van der Waals surface area contributed by atoms with Crippen LogP contribution < -0.4 is 15.4 Å². The third-order valence-corrected chi connectivity index (χ3v) is 5.43. The predicted octanol–water partition coefficient (Wildman–Crippen LogP) is 3.91. The van der Waals surface area contributed by atoms with Crippen molar-refractivity contribution in [3.8, 4) is 16.3 Å². The number of thiazole rings is 1. The number of benzene rings is 1. The van der Waals surface area contributed by atoms with Gasteiger partial charge in [-0.05, 0) is 30.3 Å². The molecule has 0 unspecified atom stereocenters. The lowest BCUT2D eigenvalue weighted by molar-refractivity contribution is -0.119. The molecule has 3 rings (SSSR count). The molecule has 3 aromatic rings. The lowest BCUT2D eigenvalue weighted by atomic mass is 10.2. The first-order chi connectivity index (χ1) is 13.0. The van der Waals surface area contributed by atoms with E-state index < -0.39 is 11.7 Å². The van der Waals surface area contributed by atoms with Crippen molar-refractivity contribution < 1.29 is 18.7 Å². The van der Waals surface area contributed by atoms with Gasteiger partial charge in [-0.25, -0.2) is 9.37 Å². The van der Waals surface area contributed by atoms with Crippen molar-refractivity contribution in [1.29, 1.82) is 0 Å². The van der Waals surface area contributed by atoms with Crippen LogP contribution in [0.25, 0.3) is 10.6 Å². The van der Waals surface area contributed by atoms with Crippen LogP contribution in [0.1, 0.15) is 22.2 Å². The van der Waals surface area contributed by atoms with Crippen LogP contribution in [0, 0.1) is 5.82 Å². The Bertz CT molecular complexity index is 984. The second-order valence-corrected chi connectivity index (χ2v) is 7.54. The molecule has 2 amide bonds. The molecule has 0 saturated heterocycles. The maximum atomic E-state index is 13.7. The number of carbonyl (C=O) groups is 2. The zero-order valence-corrected chi connectivity index (χ0v) is 16.2. The van der Waals surface area contributed by atoms with E-state index >= 15 is 0 Å². The van der Waals surface area contributed by atoms with Crippen molar-refractivity contribution in [3.05, 3.63) is 52.0 Å². The first-order valence-electron chi connectivity index (χ1n) is 7.90. The number of aromatic nitrogens is 1. The first-order valence-corrected chi connectivity index (χ1v) is 9.60. The Balaban J connectivity index is 1.68. The number of hydrogen-bond donors (Lipinski definition) is 2. The van der Waals surface area contributed by atoms with Crippen molar-refractivity contribution >= 4 is 39.6 Å². The molecule has 9 heteroatoms. The van der Waals surface area contributed by atoms with Gasteiger partial charge in [0.15, 0.2) is 16.7 Å². The van der Waals surface area contributed by atoms with E-state index in [1.807, 2.05) is 17.5 Å². The van der Waals surface area contributed by atoms with Gasteiger partial charge in [0.2, 0.25) is 5.91 Å². The second kappa shape index (κ2) is 8.28. The number of nitrogens with zero attached hydrogens (tertiary/aromatic N) is 1. The number of anilines is 1. The molecule has 0 bridgehead atoms. The minimum Gasteiger partial charge on any atom is -0.494 e. The summed E-state index contributed by atoms with van der Waals surface area (Å²) in [6, 6.07) is 7.85. The highest BCUT2D eigenvalue weighted by Gasteiger charge is 2.13. The molecule has 0 aliphatic carbocycles. The molecule has 0 atom stereocenters. The van der Waals surface area contributed by atoms with Crippen molar-refractivity contribution in [2.45, 2.75) is 13.5 Å². The van der Waals surface area contributed by atoms with Crippen LogP contribution in [0.2, 0.25) is 0 Å². The summed E-state index contributed by atoms with van der Waals surface area (Å²) in [5.41, 5.74) is 0.911. The predicted molar refractivity (Wildman–Crippen MR) is 104 cm³/mol. The Hall–Kier alpha value is -2.78. The van der Waals surface area contributed by atoms with Gasteiger partial charge in [-0.15, -0.1) is 22.7 Å². The fourth-order valence-corrected chi connectivity index (χ4v) is 3.93. The molecular weight excluding hydrogens is 389 g/mol. The van der Waals surface area contributed by atoms with Gasteiger partial charge in [-0.1, -0.05) is 0 Å². The third kappa shape index (κ3) is 4.69. The quantitative estimate of drug-likeness (QED) is 0.652. The fourth-order valence-electron chi connectivity index (χ4n) is 2.24. The molecule has 27 heavy (non-hydrogen) atoms. The summed E-state index contributed by atoms with van der Waals surface area (Å²) in [4.78, 5) is 29.6. The number of methoxy groups -OCH3 is 1. The summed E-state index contributed by atoms with van der Waals surface area (Å²) in [6.07, 6.45) is 0. The molecule has 2 aromatic heterocycles. The van der Waals surface area contributed by atoms with Gasteiger partial charge >= 0.3 is 0 Å². The van der Waals surface area contributed by atoms with Crippen LogP contribution in [0.3, 0.4) is 0 Å². The SMILES string of the molecule is COc1ccc(C(=O)Nc2nc(-c3ccc(CNC(C)=O)s3)cs2)cc1F. The molecule has 2 N–H and O–H groups in total. The number of carbonyl (C=O) groups excluding carboxylic acids is 2. The van der Waals surface area contributed by atoms with Gasteiger partial charge in [-0.3, -0.25) is 14.9 Å². The fraction of sp³-hybridized carbons (Fsp3) is 0.167. The topological polar surface area (TPSA) is 80.3 Å². The highest BCUT2D eigenvalue weighted by atomic mass is 32.1. The summed E-state index contributed by atoms with van der Waals surface area (Å²) < 4.78 is 18.6. The minimum atomic E-state index is -0.602. The van der Waals surface area contributed by atoms with E-state index in [-0.39, 0.29) is 17.2 Å². The monoisotopic (exact) mass is 405 g/mol. The van der Waals surface area contributed by atoms with Gasteiger partial charge in [0.25, 0.3) is 5.91 Å². The number of amides is 2. The maximum absolute atomic E-state index is 13.7. The Morgan fingerprint density at radius 3 is 2.78 bits per heavy atom. The van der Waals surface area contributed by atoms with Crippen LogP contribution in [-0.4, -0.2) is 23.9 Å². The number of halogens is 1. The van der Waals surface area contributed by atoms with E-state index in [1.165, 1.54) is 48.8 Å². The average molecular weight is 405 g/mol. The van der Waals surface area contributed by atoms with Crippen molar-refractivity contribution in [2.24, 2.45) is 0 Å². The third-order valence-electron chi connectivity index (χ3n) is 3.56. The number of rotatable bonds is 6. The van der Waals surface area contributed by atoms with E-state index in [0.29, 0.717) is 11.7 Å². The summed E-state index contributed by atoms with van der Waals surface area (Å²) in [5.74, 6) is -1.06. The molecule has 0 spiro atoms. The Kier molecular flexibility index (Phi) is 5.82. The van der Waals surface area contributed by atoms with Gasteiger partial charge in [0.05, 0.1) is 24.2 Å². The van der Waals surface area contributed by atoms with E-state index in [9.17, 15) is 14.0 Å². The molecule has 0 aliphatic rings. The smallest absolute Gasteiger partial charge is 0.257 e. The van der Waals surface area contributed by atoms with Crippen molar-refractivity contribution in [2.75, 3.05) is 12.4 Å². The van der Waals surface area contributed by atoms with Gasteiger partial charge in [-0.2, -0.15) is 0 Å². The minimum absolute atomic E-state index is 0.0795. The molecule has 0 aliphatic heterocycles. The summed E-state index contributed by atoms with van der Waals surface area (Å²) >= 11 is 2.80. The first kappa shape index (κ1) is 19.0. The maximum Gasteiger partial charge on any atom is 0.257 e. The van der Waals surface area contributed by atoms with Crippen molar-refractivity contribution in [1.82, 2.24) is 10.3 Å². The normalized spacial score (nSPS) is 10.5. The van der Waals surface area contributed by atoms with Crippen LogP contribution in [-0.2, 0) is 11.3 Å². The zero-order valence-electron chi connectivity index (χ0n) is 14.5. The molecular formula is C18H16FN3O3S2. The molecule has 0 fully saturated rings. The zero-order chi connectivity index (χ0) is 19.4. The Morgan fingerprint density at radius 2 is 2.07 bits per heavy atom. The van der Waals surface area contributed by atoms with Crippen LogP contribution in [0.5, 0.6) is 5.75 Å². The molecule has 6 nitrogen and oxygen atoms in total. The van der Waals surface area contributed by atoms with E-state index in [1.54, 1.807) is 0 Å². The van der Waals surface area contributed by atoms with E-state index in [4.69, 9.17) is 4.74 Å². The highest BCUT2D eigenvalue weighted by Crippen LogP contribution is 2.31. The number of ether oxygens (including phenoxy) is 1. The van der Waals surface area contributed by atoms with Gasteiger partial charge in [0, 0.05) is 22.7 Å². The highest BCUT2D eigenvalue weighted by molar-refractivity contribution is 7.17. The average Bonchev–Trinajstić information content (AvgIpc) is 3.29. The van der Waals surface area contributed by atoms with Crippen LogP contribution in [0.15, 0.2) is 35.7 Å². The molecule has 2 heterocycles. The summed E-state index contributed by atoms with van der Waals surface area (Å²) in [6.45, 7) is 1.94. The number of hydrogen-bond acceptors (Lipinski definition) is 6. The number of thiophene rings is 1. The van der Waals surface area contributed by atoms with Gasteiger partial charge < -0.3 is 10.1 Å². The van der Waals surface area contributed by atoms with Gasteiger partial charge in [0.1, 0.15) is 0 Å². The van der Waals surface area contributed by atoms with E-state index in [2.05, 4.69) is 15.6 Å². The van der Waals surface area contributed by atoms with Crippen LogP contribution in [0.4, 0.5) is 9.52 Å². The standard InChI is InChI=1S/C18H16FN3O3S2/c1-10(23)20-8-12-4-6-16(27-12)14-9-26-18(21-14)22-17(24)11-3-5-15(25-2)13(19)7-11/h3-7,9H,8H2,1-2H3,(H,20,23)(H,21,22,24). The Morgan fingerprint density at radius 1 is 1.26 bits per heavy atom. The lowest BCUT2D eigenvalue weighted by Crippen LogP contribution is -2.17. The molecule has 0 radical (unpaired) electrons. The van der Waals surface area contributed by atoms with E-state index in [0.717, 1.165) is 21.5 Å². The number of nitrogens with one attached hydrogen (secondary N) is 2. The molecule has 1 aromatic carbocycles. The Labute approximate surface area is 163 Å². The van der Waals surface area contributed by atoms with Crippen molar-refractivity contribution in [3.63, 3.8) is 0 Å². The molecule has 0 saturated carbocycles. The summed E-state index contributed by atoms with van der Waals surface area (Å²) in [7, 11) is 1.36. The lowest BCUT2D eigenvalue weighted by Gasteiger charge is -2.05. The molecule has 140 valence electrons. The largest absolute Gasteiger partial charge is 0.494 e. The van der Waals surface area contributed by atoms with Crippen LogP contribution >= 0.6 is 22.7 Å². The summed E-state index contributed by atoms with van der Waals surface area (Å²) in [5, 5.41) is 7.67. The second-order valence-electron chi connectivity index (χ2n) is 5.52.